The topological polar surface area (TPSA) is 193 Å². The summed E-state index contributed by atoms with van der Waals surface area (Å²) in [5.41, 5.74) is 0.338. The van der Waals surface area contributed by atoms with E-state index in [2.05, 4.69) is 31.8 Å². The Balaban J connectivity index is 0.000000184. The molecule has 0 spiro atoms. The third-order valence-corrected chi connectivity index (χ3v) is 17.5. The lowest BCUT2D eigenvalue weighted by Gasteiger charge is -2.50. The van der Waals surface area contributed by atoms with E-state index in [1.807, 2.05) is 32.6 Å². The summed E-state index contributed by atoms with van der Waals surface area (Å²) in [4.78, 5) is 94.5. The average Bonchev–Trinajstić information content (AvgIpc) is 0.718. The van der Waals surface area contributed by atoms with Crippen molar-refractivity contribution in [1.29, 1.82) is 0 Å². The van der Waals surface area contributed by atoms with Crippen LogP contribution in [0.5, 0.6) is 11.5 Å². The van der Waals surface area contributed by atoms with Crippen molar-refractivity contribution in [2.45, 2.75) is 78.6 Å². The van der Waals surface area contributed by atoms with E-state index in [9.17, 15) is 24.0 Å². The van der Waals surface area contributed by atoms with Gasteiger partial charge in [-0.3, -0.25) is 33.1 Å². The van der Waals surface area contributed by atoms with Crippen LogP contribution in [0.15, 0.2) is 83.4 Å². The molecule has 0 radical (unpaired) electrons. The molecule has 0 saturated carbocycles. The number of aryl methyl sites for hydroxylation is 3. The maximum Gasteiger partial charge on any atom is 0.281 e. The summed E-state index contributed by atoms with van der Waals surface area (Å²) in [5.74, 6) is -4.53. The average molecular weight is 1240 g/mol. The Kier molecular flexibility index (Phi) is 15.9. The molecule has 4 aromatic heterocycles. The molecule has 3 amide bonds. The fourth-order valence-electron chi connectivity index (χ4n) is 12.8. The van der Waals surface area contributed by atoms with Crippen molar-refractivity contribution < 1.29 is 41.4 Å². The summed E-state index contributed by atoms with van der Waals surface area (Å²) in [5, 5.41) is 3.59. The van der Waals surface area contributed by atoms with E-state index in [1.165, 1.54) is 115 Å². The van der Waals surface area contributed by atoms with Gasteiger partial charge in [0.2, 0.25) is 5.91 Å². The highest BCUT2D eigenvalue weighted by Crippen LogP contribution is 2.50. The standard InChI is InChI=1S/C34H33ClF2N6O4.C29H27ClF2N6O3/c1-8-24(44)41-14-22-33(45)40(6)32-31(42(22)13-17(41)4)19-12-20(35)25(26-21(36)10-9-11-23(26)47-7)27(37)30(19)43(34(32)46)29-18(5)38-15-39-28(29)16(2)3;1-13-11-37-19(10-33-13)28(39)36(4)27-26(37)16-9-17(30)21(22-18(31)7-6-8-20(22)41-5)23(32)25(16)38(29(27)40)24-14(2)34-12-35-15(24)3/h8-12,15-17,22H,1,13-14H2,2-7H3;6-9,12-13,19,33H,10-11H2,1-5H3/t17-,22-;13-,19-/m11/s1. The molecule has 19 nitrogen and oxygen atoms in total. The van der Waals surface area contributed by atoms with Gasteiger partial charge in [0.15, 0.2) is 11.6 Å². The number of halogens is 6. The SMILES string of the molecule is C=CC(=O)N1C[C@@H]2C(=O)N(C)c3c(c4cc(Cl)c(-c5c(F)cccc5OC)c(F)c4n(-c4c(C)ncnc4C(C)C)c3=O)N2C[C@H]1C.COc1cccc(F)c1-c1c(Cl)cc2c3c(c(=O)n(-c4c(C)ncnc4C)c2c1F)N(C)C(=O)[C@H]1CN[C@H](C)CN31. The number of ether oxygens (including phenoxy) is 2. The number of nitrogens with one attached hydrogen (secondary N) is 1. The van der Waals surface area contributed by atoms with Crippen molar-refractivity contribution in [3.05, 3.63) is 151 Å². The molecule has 8 heterocycles. The van der Waals surface area contributed by atoms with E-state index in [1.54, 1.807) is 30.6 Å². The van der Waals surface area contributed by atoms with Crippen LogP contribution in [-0.4, -0.2) is 130 Å². The number of pyridine rings is 2. The van der Waals surface area contributed by atoms with Crippen LogP contribution in [0.25, 0.3) is 55.4 Å². The summed E-state index contributed by atoms with van der Waals surface area (Å²) in [6.45, 7) is 17.1. The van der Waals surface area contributed by atoms with Crippen LogP contribution in [0, 0.1) is 44.0 Å². The van der Waals surface area contributed by atoms with Crippen molar-refractivity contribution in [1.82, 2.24) is 39.3 Å². The first-order chi connectivity index (χ1) is 41.9. The van der Waals surface area contributed by atoms with Crippen LogP contribution in [0.2, 0.25) is 10.0 Å². The van der Waals surface area contributed by atoms with E-state index in [4.69, 9.17) is 32.7 Å². The van der Waals surface area contributed by atoms with Gasteiger partial charge in [-0.15, -0.1) is 0 Å². The molecule has 4 aliphatic heterocycles. The van der Waals surface area contributed by atoms with E-state index < -0.39 is 58.4 Å². The van der Waals surface area contributed by atoms with Gasteiger partial charge in [-0.1, -0.05) is 55.8 Å². The minimum Gasteiger partial charge on any atom is -0.496 e. The molecule has 25 heteroatoms. The van der Waals surface area contributed by atoms with Gasteiger partial charge < -0.3 is 39.3 Å². The normalized spacial score (nSPS) is 18.0. The van der Waals surface area contributed by atoms with Crippen LogP contribution < -0.4 is 45.5 Å². The molecule has 12 rings (SSSR count). The lowest BCUT2D eigenvalue weighted by molar-refractivity contribution is -0.130. The van der Waals surface area contributed by atoms with Crippen LogP contribution in [0.4, 0.5) is 40.3 Å². The molecule has 4 aliphatic rings. The van der Waals surface area contributed by atoms with E-state index in [-0.39, 0.29) is 126 Å². The number of carbonyl (C=O) groups excluding carboxylic acids is 3. The van der Waals surface area contributed by atoms with E-state index in [0.717, 1.165) is 0 Å². The first-order valence-electron chi connectivity index (χ1n) is 28.1. The number of carbonyl (C=O) groups is 3. The number of hydrogen-bond acceptors (Lipinski definition) is 14. The molecular weight excluding hydrogens is 1180 g/mol. The highest BCUT2D eigenvalue weighted by molar-refractivity contribution is 6.35. The lowest BCUT2D eigenvalue weighted by atomic mass is 9.95. The highest BCUT2D eigenvalue weighted by atomic mass is 35.5. The third-order valence-electron chi connectivity index (χ3n) is 16.9. The number of hydrogen-bond donors (Lipinski definition) is 1. The van der Waals surface area contributed by atoms with Gasteiger partial charge in [-0.25, -0.2) is 37.5 Å². The molecular formula is C63H60Cl2F4N12O7. The van der Waals surface area contributed by atoms with Gasteiger partial charge in [0.05, 0.1) is 98.5 Å². The molecule has 4 atom stereocenters. The second-order valence-electron chi connectivity index (χ2n) is 22.4. The number of rotatable bonds is 8. The van der Waals surface area contributed by atoms with E-state index >= 15 is 17.6 Å². The van der Waals surface area contributed by atoms with Gasteiger partial charge in [0, 0.05) is 67.7 Å². The Morgan fingerprint density at radius 3 is 1.58 bits per heavy atom. The van der Waals surface area contributed by atoms with Crippen molar-refractivity contribution in [2.75, 3.05) is 74.1 Å². The maximum atomic E-state index is 17.5. The second kappa shape index (κ2) is 23.0. The number of nitrogens with zero attached hydrogens (tertiary/aromatic N) is 11. The monoisotopic (exact) mass is 1240 g/mol. The van der Waals surface area contributed by atoms with Crippen molar-refractivity contribution >= 4 is 85.5 Å². The molecule has 8 aromatic rings. The molecule has 2 fully saturated rings. The highest BCUT2D eigenvalue weighted by Gasteiger charge is 2.48. The number of benzene rings is 4. The Bertz CT molecular complexity index is 4430. The zero-order valence-electron chi connectivity index (χ0n) is 49.8. The summed E-state index contributed by atoms with van der Waals surface area (Å²) >= 11 is 13.6. The quantitative estimate of drug-likeness (QED) is 0.112. The van der Waals surface area contributed by atoms with Gasteiger partial charge in [-0.2, -0.15) is 0 Å². The first kappa shape index (κ1) is 60.7. The van der Waals surface area contributed by atoms with Crippen molar-refractivity contribution in [2.24, 2.45) is 0 Å². The van der Waals surface area contributed by atoms with E-state index in [0.29, 0.717) is 46.9 Å². The molecule has 0 unspecified atom stereocenters. The van der Waals surface area contributed by atoms with Crippen LogP contribution >= 0.6 is 23.2 Å². The molecule has 2 saturated heterocycles. The fourth-order valence-corrected chi connectivity index (χ4v) is 13.4. The predicted molar refractivity (Wildman–Crippen MR) is 330 cm³/mol. The molecule has 1 N–H and O–H groups in total. The maximum absolute atomic E-state index is 17.5. The molecule has 4 aromatic carbocycles. The fraction of sp³-hybridized carbons (Fsp3) is 0.317. The molecule has 0 bridgehead atoms. The van der Waals surface area contributed by atoms with Crippen molar-refractivity contribution in [3.63, 3.8) is 0 Å². The molecule has 88 heavy (non-hydrogen) atoms. The number of methoxy groups -OCH3 is 2. The number of amides is 3. The Labute approximate surface area is 512 Å². The van der Waals surface area contributed by atoms with Gasteiger partial charge in [0.25, 0.3) is 22.9 Å². The van der Waals surface area contributed by atoms with Crippen LogP contribution in [0.1, 0.15) is 56.4 Å². The largest absolute Gasteiger partial charge is 0.496 e. The second-order valence-corrected chi connectivity index (χ2v) is 23.2. The zero-order valence-corrected chi connectivity index (χ0v) is 51.3. The smallest absolute Gasteiger partial charge is 0.281 e. The zero-order chi connectivity index (χ0) is 63.4. The van der Waals surface area contributed by atoms with Gasteiger partial charge >= 0.3 is 0 Å². The number of fused-ring (bicyclic) bond motifs is 10. The summed E-state index contributed by atoms with van der Waals surface area (Å²) in [6, 6.07) is 9.33. The first-order valence-corrected chi connectivity index (χ1v) is 28.9. The Morgan fingerprint density at radius 2 is 1.10 bits per heavy atom. The number of piperazine rings is 2. The van der Waals surface area contributed by atoms with Gasteiger partial charge in [0.1, 0.15) is 59.2 Å². The third kappa shape index (κ3) is 9.38. The van der Waals surface area contributed by atoms with Gasteiger partial charge in [-0.05, 0) is 83.0 Å². The van der Waals surface area contributed by atoms with Crippen LogP contribution in [-0.2, 0) is 14.4 Å². The minimum absolute atomic E-state index is 0.000838. The summed E-state index contributed by atoms with van der Waals surface area (Å²) in [6.07, 6.45) is 3.91. The number of likely N-dealkylation sites (N-methyl/N-ethyl adjacent to an activating group) is 2. The molecule has 0 aliphatic carbocycles. The molecule has 456 valence electrons. The lowest BCUT2D eigenvalue weighted by Crippen LogP contribution is -2.66. The summed E-state index contributed by atoms with van der Waals surface area (Å²) in [7, 11) is 5.69. The summed E-state index contributed by atoms with van der Waals surface area (Å²) < 4.78 is 78.5. The van der Waals surface area contributed by atoms with Crippen LogP contribution in [0.3, 0.4) is 0 Å². The Morgan fingerprint density at radius 1 is 0.648 bits per heavy atom. The number of aromatic nitrogens is 6. The number of anilines is 4. The predicted octanol–water partition coefficient (Wildman–Crippen LogP) is 9.54. The van der Waals surface area contributed by atoms with Crippen molar-refractivity contribution in [3.8, 4) is 45.1 Å². The minimum atomic E-state index is -0.974. The Hall–Kier alpha value is -8.93.